The summed E-state index contributed by atoms with van der Waals surface area (Å²) < 4.78 is 54.4. The van der Waals surface area contributed by atoms with E-state index in [0.29, 0.717) is 43.7 Å². The van der Waals surface area contributed by atoms with E-state index < -0.39 is 30.6 Å². The Bertz CT molecular complexity index is 1520. The molecule has 2 aliphatic heterocycles. The number of nitrogens with zero attached hydrogens (tertiary/aromatic N) is 3. The van der Waals surface area contributed by atoms with Crippen LogP contribution in [0.1, 0.15) is 55.7 Å². The molecule has 6 rings (SSSR count). The van der Waals surface area contributed by atoms with Gasteiger partial charge in [0.05, 0.1) is 12.6 Å². The predicted octanol–water partition coefficient (Wildman–Crippen LogP) is 5.93. The first-order chi connectivity index (χ1) is 21.7. The fourth-order valence-electron chi connectivity index (χ4n) is 7.45. The van der Waals surface area contributed by atoms with Gasteiger partial charge >= 0.3 is 6.03 Å². The van der Waals surface area contributed by atoms with Gasteiger partial charge in [0.15, 0.2) is 0 Å². The van der Waals surface area contributed by atoms with Gasteiger partial charge in [-0.2, -0.15) is 0 Å². The Morgan fingerprint density at radius 2 is 1.71 bits per heavy atom. The summed E-state index contributed by atoms with van der Waals surface area (Å²) in [5, 5.41) is 2.85. The molecule has 7 nitrogen and oxygen atoms in total. The summed E-state index contributed by atoms with van der Waals surface area (Å²) in [6.45, 7) is 1.77. The Morgan fingerprint density at radius 1 is 0.978 bits per heavy atom. The minimum absolute atomic E-state index is 0.128. The van der Waals surface area contributed by atoms with Gasteiger partial charge in [0.1, 0.15) is 11.6 Å². The van der Waals surface area contributed by atoms with E-state index in [-0.39, 0.29) is 36.1 Å². The zero-order chi connectivity index (χ0) is 31.6. The van der Waals surface area contributed by atoms with Crippen LogP contribution >= 0.6 is 0 Å². The van der Waals surface area contributed by atoms with E-state index in [1.54, 1.807) is 4.90 Å². The molecule has 2 saturated heterocycles. The van der Waals surface area contributed by atoms with Gasteiger partial charge in [-0.3, -0.25) is 9.69 Å². The molecule has 2 N–H and O–H groups in total. The molecular weight excluding hydrogens is 586 g/mol. The molecule has 240 valence electrons. The lowest BCUT2D eigenvalue weighted by Gasteiger charge is -2.51. The molecule has 3 fully saturated rings. The molecular formula is C34H39F4N5O2. The second-order valence-corrected chi connectivity index (χ2v) is 12.6. The monoisotopic (exact) mass is 625 g/mol. The summed E-state index contributed by atoms with van der Waals surface area (Å²) in [5.74, 6) is -1.49. The van der Waals surface area contributed by atoms with Crippen LogP contribution in [0, 0.1) is 11.6 Å². The molecule has 1 aliphatic carbocycles. The van der Waals surface area contributed by atoms with E-state index in [0.717, 1.165) is 43.0 Å². The van der Waals surface area contributed by atoms with Gasteiger partial charge in [-0.1, -0.05) is 49.2 Å². The zero-order valence-corrected chi connectivity index (χ0v) is 25.2. The first kappa shape index (κ1) is 31.3. The van der Waals surface area contributed by atoms with Gasteiger partial charge in [0, 0.05) is 61.6 Å². The molecule has 0 unspecified atom stereocenters. The number of H-pyrrole nitrogens is 1. The lowest BCUT2D eigenvalue weighted by atomic mass is 9.90. The van der Waals surface area contributed by atoms with E-state index in [1.165, 1.54) is 12.1 Å². The van der Waals surface area contributed by atoms with E-state index in [1.807, 2.05) is 47.4 Å². The summed E-state index contributed by atoms with van der Waals surface area (Å²) in [6.07, 6.45) is 2.05. The van der Waals surface area contributed by atoms with Gasteiger partial charge < -0.3 is 20.1 Å². The smallest absolute Gasteiger partial charge is 0.320 e. The number of likely N-dealkylation sites (tertiary alicyclic amines) is 1. The van der Waals surface area contributed by atoms with Crippen molar-refractivity contribution in [2.45, 2.75) is 69.1 Å². The Kier molecular flexibility index (Phi) is 9.28. The molecule has 3 aromatic rings. The molecule has 11 heteroatoms. The molecule has 3 heterocycles. The van der Waals surface area contributed by atoms with Gasteiger partial charge in [0.25, 0.3) is 12.0 Å². The number of benzene rings is 2. The van der Waals surface area contributed by atoms with E-state index in [2.05, 4.69) is 15.2 Å². The van der Waals surface area contributed by atoms with Crippen molar-refractivity contribution in [3.05, 3.63) is 93.8 Å². The van der Waals surface area contributed by atoms with Crippen LogP contribution in [0.5, 0.6) is 0 Å². The molecule has 0 radical (unpaired) electrons. The quantitative estimate of drug-likeness (QED) is 0.320. The van der Waals surface area contributed by atoms with Crippen molar-refractivity contribution >= 4 is 6.03 Å². The predicted molar refractivity (Wildman–Crippen MR) is 164 cm³/mol. The highest BCUT2D eigenvalue weighted by Crippen LogP contribution is 2.40. The average Bonchev–Trinajstić information content (AvgIpc) is 3.50. The normalized spacial score (nSPS) is 22.0. The first-order valence-electron chi connectivity index (χ1n) is 15.8. The van der Waals surface area contributed by atoms with Crippen LogP contribution in [-0.4, -0.2) is 76.4 Å². The van der Waals surface area contributed by atoms with Gasteiger partial charge in [0.2, 0.25) is 0 Å². The molecule has 1 aromatic heterocycles. The number of hydrogen-bond acceptors (Lipinski definition) is 4. The molecule has 3 aliphatic rings. The van der Waals surface area contributed by atoms with Crippen molar-refractivity contribution in [3.8, 4) is 11.3 Å². The third-order valence-electron chi connectivity index (χ3n) is 9.72. The lowest BCUT2D eigenvalue weighted by Crippen LogP contribution is -2.64. The Morgan fingerprint density at radius 3 is 2.40 bits per heavy atom. The number of carbonyl (C=O) groups is 1. The van der Waals surface area contributed by atoms with E-state index in [9.17, 15) is 27.2 Å². The minimum atomic E-state index is -2.52. The summed E-state index contributed by atoms with van der Waals surface area (Å²) in [4.78, 5) is 36.2. The molecule has 1 saturated carbocycles. The number of pyridine rings is 1. The number of piperazine rings is 1. The summed E-state index contributed by atoms with van der Waals surface area (Å²) in [7, 11) is 0. The van der Waals surface area contributed by atoms with Gasteiger partial charge in [-0.25, -0.2) is 22.4 Å². The van der Waals surface area contributed by atoms with Crippen LogP contribution in [0.15, 0.2) is 65.5 Å². The molecule has 45 heavy (non-hydrogen) atoms. The molecule has 1 spiro atoms. The number of alkyl halides is 2. The number of rotatable bonds is 7. The number of nitrogens with one attached hydrogen (secondary N) is 2. The number of aromatic amines is 1. The topological polar surface area (TPSA) is 71.7 Å². The lowest BCUT2D eigenvalue weighted by molar-refractivity contribution is -0.00257. The summed E-state index contributed by atoms with van der Waals surface area (Å²) in [5.41, 5.74) is 2.28. The molecule has 0 bridgehead atoms. The highest BCUT2D eigenvalue weighted by atomic mass is 19.3. The number of hydrogen-bond donors (Lipinski definition) is 2. The number of amides is 2. The van der Waals surface area contributed by atoms with Crippen LogP contribution in [0.2, 0.25) is 0 Å². The maximum Gasteiger partial charge on any atom is 0.320 e. The van der Waals surface area contributed by atoms with Crippen molar-refractivity contribution in [1.82, 2.24) is 25.0 Å². The van der Waals surface area contributed by atoms with Crippen molar-refractivity contribution in [2.24, 2.45) is 0 Å². The van der Waals surface area contributed by atoms with Crippen molar-refractivity contribution in [2.75, 3.05) is 32.7 Å². The van der Waals surface area contributed by atoms with Gasteiger partial charge in [-0.15, -0.1) is 0 Å². The minimum Gasteiger partial charge on any atom is -0.322 e. The Balaban J connectivity index is 1.20. The third kappa shape index (κ3) is 6.94. The van der Waals surface area contributed by atoms with Crippen molar-refractivity contribution in [3.63, 3.8) is 0 Å². The highest BCUT2D eigenvalue weighted by Gasteiger charge is 2.46. The van der Waals surface area contributed by atoms with Gasteiger partial charge in [-0.05, 0) is 55.0 Å². The first-order valence-corrected chi connectivity index (χ1v) is 15.8. The second kappa shape index (κ2) is 13.3. The SMILES string of the molecule is O=C(N1CCN(Cc2ccc(-c3ccccc3)[nH]c2=O)C2(CCCC2)C1)N1CC[C@@H](NCC(F)F)C[C@H]1c1cc(F)cc(F)c1. The molecule has 2 aromatic carbocycles. The van der Waals surface area contributed by atoms with Crippen LogP contribution < -0.4 is 10.9 Å². The fraction of sp³-hybridized carbons (Fsp3) is 0.471. The standard InChI is InChI=1S/C34H39F4N5O2/c35-26-16-25(17-27(36)18-26)30-19-28(39-20-31(37)38)10-13-43(30)33(45)41-14-15-42(34(22-41)11-4-5-12-34)21-24-8-9-29(40-32(24)44)23-6-2-1-3-7-23/h1-3,6-9,16-18,28,30-31,39H,4-5,10-15,19-22H2,(H,40,44)/t28-,30+/m1/s1. The largest absolute Gasteiger partial charge is 0.322 e. The zero-order valence-electron chi connectivity index (χ0n) is 25.2. The van der Waals surface area contributed by atoms with Crippen LogP contribution in [-0.2, 0) is 6.54 Å². The van der Waals surface area contributed by atoms with E-state index >= 15 is 0 Å². The Labute approximate surface area is 260 Å². The third-order valence-corrected chi connectivity index (χ3v) is 9.72. The molecule has 2 amide bonds. The van der Waals surface area contributed by atoms with Crippen LogP contribution in [0.25, 0.3) is 11.3 Å². The summed E-state index contributed by atoms with van der Waals surface area (Å²) >= 11 is 0. The number of urea groups is 1. The molecule has 2 atom stereocenters. The Hall–Kier alpha value is -3.70. The van der Waals surface area contributed by atoms with E-state index in [4.69, 9.17) is 0 Å². The highest BCUT2D eigenvalue weighted by molar-refractivity contribution is 5.75. The van der Waals surface area contributed by atoms with Crippen molar-refractivity contribution < 1.29 is 22.4 Å². The number of aromatic nitrogens is 1. The maximum absolute atomic E-state index is 14.3. The number of piperidine rings is 1. The van der Waals surface area contributed by atoms with Crippen molar-refractivity contribution in [1.29, 1.82) is 0 Å². The number of halogens is 4. The maximum atomic E-state index is 14.3. The average molecular weight is 626 g/mol. The van der Waals surface area contributed by atoms with Crippen LogP contribution in [0.4, 0.5) is 22.4 Å². The number of carbonyl (C=O) groups excluding carboxylic acids is 1. The van der Waals surface area contributed by atoms with Crippen LogP contribution in [0.3, 0.4) is 0 Å². The fourth-order valence-corrected chi connectivity index (χ4v) is 7.45. The summed E-state index contributed by atoms with van der Waals surface area (Å²) in [6, 6.07) is 15.5. The second-order valence-electron chi connectivity index (χ2n) is 12.6.